The molecule has 22 heavy (non-hydrogen) atoms. The molecule has 0 unspecified atom stereocenters. The molecule has 2 rings (SSSR count). The highest BCUT2D eigenvalue weighted by Gasteiger charge is 2.30. The Morgan fingerprint density at radius 2 is 1.86 bits per heavy atom. The average Bonchev–Trinajstić information content (AvgIpc) is 2.94. The maximum absolute atomic E-state index is 12.1. The minimum atomic E-state index is -0.803. The van der Waals surface area contributed by atoms with Crippen LogP contribution >= 0.6 is 0 Å². The van der Waals surface area contributed by atoms with Crippen molar-refractivity contribution in [3.63, 3.8) is 0 Å². The van der Waals surface area contributed by atoms with Crippen molar-refractivity contribution in [3.05, 3.63) is 35.4 Å². The summed E-state index contributed by atoms with van der Waals surface area (Å²) in [6.07, 6.45) is 1.75. The largest absolute Gasteiger partial charge is 0.481 e. The zero-order valence-electron chi connectivity index (χ0n) is 12.0. The van der Waals surface area contributed by atoms with Crippen LogP contribution in [0.25, 0.3) is 0 Å². The predicted octanol–water partition coefficient (Wildman–Crippen LogP) is 0.838. The number of aliphatic carboxylic acids is 1. The second kappa shape index (κ2) is 6.93. The summed E-state index contributed by atoms with van der Waals surface area (Å²) in [6.45, 7) is 0.306. The van der Waals surface area contributed by atoms with Gasteiger partial charge in [-0.15, -0.1) is 0 Å². The zero-order valence-corrected chi connectivity index (χ0v) is 12.0. The fourth-order valence-corrected chi connectivity index (χ4v) is 2.57. The summed E-state index contributed by atoms with van der Waals surface area (Å²) in [5, 5.41) is 14.3. The lowest BCUT2D eigenvalue weighted by Crippen LogP contribution is -2.33. The number of rotatable bonds is 5. The van der Waals surface area contributed by atoms with Gasteiger partial charge in [-0.05, 0) is 37.0 Å². The summed E-state index contributed by atoms with van der Waals surface area (Å²) in [7, 11) is 0. The van der Waals surface area contributed by atoms with Crippen molar-refractivity contribution in [1.82, 2.24) is 10.6 Å². The number of amides is 3. The molecule has 7 nitrogen and oxygen atoms in total. The van der Waals surface area contributed by atoms with Crippen LogP contribution in [-0.4, -0.2) is 29.1 Å². The topological polar surface area (TPSA) is 122 Å². The first-order valence-corrected chi connectivity index (χ1v) is 7.11. The van der Waals surface area contributed by atoms with Gasteiger partial charge >= 0.3 is 12.0 Å². The van der Waals surface area contributed by atoms with Gasteiger partial charge in [0.15, 0.2) is 0 Å². The van der Waals surface area contributed by atoms with Gasteiger partial charge in [0.25, 0.3) is 5.91 Å². The molecular formula is C15H19N3O4. The molecule has 0 aromatic heterocycles. The number of primary amides is 1. The van der Waals surface area contributed by atoms with E-state index < -0.39 is 12.0 Å². The minimum absolute atomic E-state index is 0.0928. The molecular weight excluding hydrogens is 286 g/mol. The van der Waals surface area contributed by atoms with Gasteiger partial charge in [0, 0.05) is 18.2 Å². The number of carboxylic acids is 1. The lowest BCUT2D eigenvalue weighted by atomic mass is 10.1. The highest BCUT2D eigenvalue weighted by atomic mass is 16.4. The highest BCUT2D eigenvalue weighted by Crippen LogP contribution is 2.25. The van der Waals surface area contributed by atoms with E-state index in [-0.39, 0.29) is 17.9 Å². The quantitative estimate of drug-likeness (QED) is 0.644. The molecule has 0 saturated heterocycles. The van der Waals surface area contributed by atoms with Crippen molar-refractivity contribution in [1.29, 1.82) is 0 Å². The van der Waals surface area contributed by atoms with E-state index >= 15 is 0 Å². The van der Waals surface area contributed by atoms with E-state index in [0.29, 0.717) is 31.4 Å². The monoisotopic (exact) mass is 305 g/mol. The van der Waals surface area contributed by atoms with Crippen molar-refractivity contribution in [2.75, 3.05) is 0 Å². The van der Waals surface area contributed by atoms with Crippen molar-refractivity contribution in [3.8, 4) is 0 Å². The molecule has 118 valence electrons. The maximum Gasteiger partial charge on any atom is 0.312 e. The number of carbonyl (C=O) groups is 3. The van der Waals surface area contributed by atoms with Crippen molar-refractivity contribution in [2.45, 2.75) is 31.8 Å². The van der Waals surface area contributed by atoms with Gasteiger partial charge in [0.05, 0.1) is 5.92 Å². The number of urea groups is 1. The van der Waals surface area contributed by atoms with Crippen LogP contribution < -0.4 is 16.4 Å². The molecule has 1 aliphatic rings. The van der Waals surface area contributed by atoms with Crippen LogP contribution in [0.3, 0.4) is 0 Å². The first-order chi connectivity index (χ1) is 10.5. The Labute approximate surface area is 127 Å². The third-order valence-corrected chi connectivity index (χ3v) is 3.80. The number of carbonyl (C=O) groups excluding carboxylic acids is 2. The third kappa shape index (κ3) is 4.21. The summed E-state index contributed by atoms with van der Waals surface area (Å²) in [4.78, 5) is 33.6. The van der Waals surface area contributed by atoms with E-state index in [2.05, 4.69) is 10.6 Å². The van der Waals surface area contributed by atoms with Gasteiger partial charge in [-0.25, -0.2) is 4.79 Å². The molecule has 7 heteroatoms. The van der Waals surface area contributed by atoms with Crippen LogP contribution in [0.15, 0.2) is 24.3 Å². The first kappa shape index (κ1) is 15.8. The number of nitrogens with two attached hydrogens (primary N) is 1. The van der Waals surface area contributed by atoms with Gasteiger partial charge in [-0.2, -0.15) is 0 Å². The number of hydrogen-bond donors (Lipinski definition) is 4. The molecule has 0 radical (unpaired) electrons. The number of carboxylic acid groups (broad SMARTS) is 1. The molecule has 1 fully saturated rings. The summed E-state index contributed by atoms with van der Waals surface area (Å²) in [5.74, 6) is -1.39. The molecule has 0 heterocycles. The SMILES string of the molecule is NC(=O)NCc1ccc(C(=O)N[C@H]2CC[C@@H](C(=O)O)C2)cc1. The number of benzene rings is 1. The summed E-state index contributed by atoms with van der Waals surface area (Å²) in [5.41, 5.74) is 6.32. The first-order valence-electron chi connectivity index (χ1n) is 7.11. The zero-order chi connectivity index (χ0) is 16.1. The van der Waals surface area contributed by atoms with Crippen LogP contribution in [0.4, 0.5) is 4.79 Å². The Morgan fingerprint density at radius 3 is 2.41 bits per heavy atom. The predicted molar refractivity (Wildman–Crippen MR) is 79.1 cm³/mol. The molecule has 1 saturated carbocycles. The van der Waals surface area contributed by atoms with Crippen LogP contribution in [0, 0.1) is 5.92 Å². The molecule has 5 N–H and O–H groups in total. The molecule has 1 aliphatic carbocycles. The highest BCUT2D eigenvalue weighted by molar-refractivity contribution is 5.94. The van der Waals surface area contributed by atoms with Gasteiger partial charge in [-0.3, -0.25) is 9.59 Å². The molecule has 0 aliphatic heterocycles. The fraction of sp³-hybridized carbons (Fsp3) is 0.400. The summed E-state index contributed by atoms with van der Waals surface area (Å²) in [6, 6.07) is 6.10. The average molecular weight is 305 g/mol. The smallest absolute Gasteiger partial charge is 0.312 e. The Balaban J connectivity index is 1.87. The van der Waals surface area contributed by atoms with E-state index in [9.17, 15) is 14.4 Å². The molecule has 3 amide bonds. The fourth-order valence-electron chi connectivity index (χ4n) is 2.57. The minimum Gasteiger partial charge on any atom is -0.481 e. The van der Waals surface area contributed by atoms with E-state index in [4.69, 9.17) is 10.8 Å². The summed E-state index contributed by atoms with van der Waals surface area (Å²) < 4.78 is 0. The van der Waals surface area contributed by atoms with Crippen molar-refractivity contribution < 1.29 is 19.5 Å². The Hall–Kier alpha value is -2.57. The van der Waals surface area contributed by atoms with Gasteiger partial charge in [0.1, 0.15) is 0 Å². The number of nitrogens with one attached hydrogen (secondary N) is 2. The van der Waals surface area contributed by atoms with Crippen LogP contribution in [0.5, 0.6) is 0 Å². The normalized spacial score (nSPS) is 20.4. The van der Waals surface area contributed by atoms with Gasteiger partial charge in [-0.1, -0.05) is 12.1 Å². The second-order valence-electron chi connectivity index (χ2n) is 5.43. The molecule has 1 aromatic rings. The lowest BCUT2D eigenvalue weighted by molar-refractivity contribution is -0.141. The molecule has 0 bridgehead atoms. The van der Waals surface area contributed by atoms with Gasteiger partial charge in [0.2, 0.25) is 0 Å². The Kier molecular flexibility index (Phi) is 4.98. The van der Waals surface area contributed by atoms with Crippen LogP contribution in [-0.2, 0) is 11.3 Å². The van der Waals surface area contributed by atoms with Crippen LogP contribution in [0.2, 0.25) is 0 Å². The maximum atomic E-state index is 12.1. The number of hydrogen-bond acceptors (Lipinski definition) is 3. The lowest BCUT2D eigenvalue weighted by Gasteiger charge is -2.12. The standard InChI is InChI=1S/C15H19N3O4/c16-15(22)17-8-9-1-3-10(4-2-9)13(19)18-12-6-5-11(7-12)14(20)21/h1-4,11-12H,5-8H2,(H,18,19)(H,20,21)(H3,16,17,22)/t11-,12+/m1/s1. The van der Waals surface area contributed by atoms with Crippen LogP contribution in [0.1, 0.15) is 35.2 Å². The Bertz CT molecular complexity index is 571. The Morgan fingerprint density at radius 1 is 1.18 bits per heavy atom. The van der Waals surface area contributed by atoms with E-state index in [1.165, 1.54) is 0 Å². The van der Waals surface area contributed by atoms with Gasteiger partial charge < -0.3 is 21.5 Å². The second-order valence-corrected chi connectivity index (χ2v) is 5.43. The third-order valence-electron chi connectivity index (χ3n) is 3.80. The van der Waals surface area contributed by atoms with E-state index in [1.54, 1.807) is 24.3 Å². The summed E-state index contributed by atoms with van der Waals surface area (Å²) >= 11 is 0. The molecule has 1 aromatic carbocycles. The molecule has 2 atom stereocenters. The van der Waals surface area contributed by atoms with E-state index in [1.807, 2.05) is 0 Å². The van der Waals surface area contributed by atoms with E-state index in [0.717, 1.165) is 5.56 Å². The van der Waals surface area contributed by atoms with Crippen molar-refractivity contribution >= 4 is 17.9 Å². The molecule has 0 spiro atoms. The van der Waals surface area contributed by atoms with Crippen molar-refractivity contribution in [2.24, 2.45) is 11.7 Å².